The lowest BCUT2D eigenvalue weighted by atomic mass is 9.47. The van der Waals surface area contributed by atoms with Gasteiger partial charge in [0.25, 0.3) is 0 Å². The summed E-state index contributed by atoms with van der Waals surface area (Å²) in [7, 11) is 0. The van der Waals surface area contributed by atoms with E-state index in [1.165, 1.54) is 51.4 Å². The van der Waals surface area contributed by atoms with Crippen molar-refractivity contribution in [1.82, 2.24) is 0 Å². The second-order valence-corrected chi connectivity index (χ2v) is 14.9. The highest BCUT2D eigenvalue weighted by molar-refractivity contribution is 9.10. The number of carbonyl (C=O) groups is 1. The van der Waals surface area contributed by atoms with Crippen LogP contribution in [0.25, 0.3) is 0 Å². The molecule has 0 unspecified atom stereocenters. The first-order chi connectivity index (χ1) is 18.1. The van der Waals surface area contributed by atoms with Crippen molar-refractivity contribution in [3.05, 3.63) is 40.4 Å². The van der Waals surface area contributed by atoms with E-state index in [1.807, 2.05) is 18.2 Å². The molecule has 0 N–H and O–H groups in total. The minimum absolute atomic E-state index is 0.0859. The van der Waals surface area contributed by atoms with Crippen LogP contribution in [0.3, 0.4) is 0 Å². The number of allylic oxidation sites excluding steroid dienone is 1. The van der Waals surface area contributed by atoms with Crippen LogP contribution in [-0.4, -0.2) is 12.3 Å². The van der Waals surface area contributed by atoms with Gasteiger partial charge in [-0.1, -0.05) is 77.7 Å². The third-order valence-electron chi connectivity index (χ3n) is 11.6. The molecule has 8 atom stereocenters. The Kier molecular flexibility index (Phi) is 8.40. The molecule has 0 aliphatic heterocycles. The monoisotopic (exact) mass is 584 g/mol. The highest BCUT2D eigenvalue weighted by Gasteiger charge is 2.59. The van der Waals surface area contributed by atoms with Crippen LogP contribution < -0.4 is 4.74 Å². The summed E-state index contributed by atoms with van der Waals surface area (Å²) in [6, 6.07) is 7.41. The van der Waals surface area contributed by atoms with E-state index < -0.39 is 6.16 Å². The zero-order valence-corrected chi connectivity index (χ0v) is 25.9. The Bertz CT molecular complexity index is 1030. The van der Waals surface area contributed by atoms with Crippen molar-refractivity contribution in [3.8, 4) is 5.75 Å². The summed E-state index contributed by atoms with van der Waals surface area (Å²) in [5.74, 6) is 5.57. The summed E-state index contributed by atoms with van der Waals surface area (Å²) < 4.78 is 12.1. The molecule has 4 heteroatoms. The molecule has 0 spiro atoms. The van der Waals surface area contributed by atoms with Crippen molar-refractivity contribution in [1.29, 1.82) is 0 Å². The van der Waals surface area contributed by atoms with E-state index in [0.29, 0.717) is 11.2 Å². The van der Waals surface area contributed by atoms with Gasteiger partial charge in [-0.2, -0.15) is 0 Å². The van der Waals surface area contributed by atoms with Gasteiger partial charge >= 0.3 is 6.16 Å². The molecule has 0 bridgehead atoms. The fraction of sp³-hybridized carbons (Fsp3) is 0.735. The largest absolute Gasteiger partial charge is 0.514 e. The third kappa shape index (κ3) is 5.37. The van der Waals surface area contributed by atoms with Gasteiger partial charge in [0, 0.05) is 6.42 Å². The Morgan fingerprint density at radius 2 is 1.82 bits per heavy atom. The molecule has 0 heterocycles. The number of hydrogen-bond acceptors (Lipinski definition) is 3. The fourth-order valence-corrected chi connectivity index (χ4v) is 9.90. The van der Waals surface area contributed by atoms with Crippen LogP contribution in [-0.2, 0) is 4.74 Å². The van der Waals surface area contributed by atoms with E-state index in [0.717, 1.165) is 59.2 Å². The predicted octanol–water partition coefficient (Wildman–Crippen LogP) is 10.4. The maximum atomic E-state index is 12.6. The van der Waals surface area contributed by atoms with Gasteiger partial charge in [-0.25, -0.2) is 4.79 Å². The third-order valence-corrected chi connectivity index (χ3v) is 12.2. The number of halogens is 1. The van der Waals surface area contributed by atoms with Crippen molar-refractivity contribution >= 4 is 22.1 Å². The van der Waals surface area contributed by atoms with Crippen molar-refractivity contribution < 1.29 is 14.3 Å². The first-order valence-corrected chi connectivity index (χ1v) is 16.2. The van der Waals surface area contributed by atoms with E-state index in [-0.39, 0.29) is 11.5 Å². The van der Waals surface area contributed by atoms with Gasteiger partial charge in [0.15, 0.2) is 0 Å². The van der Waals surface area contributed by atoms with Crippen molar-refractivity contribution in [2.75, 3.05) is 0 Å². The number of ether oxygens (including phenoxy) is 2. The SMILES string of the molecule is CC(C)CCC[C@H](C)[C@H]1CC[C@H]2[C@H]3CC=C4C[C@@H](OC(=O)Oc5ccccc5Br)CC[C@]4(C)[C@@H]3CC[C@]12C. The normalized spacial score (nSPS) is 37.0. The molecule has 3 fully saturated rings. The standard InChI is InChI=1S/C34H49BrO3/c1-22(2)9-8-10-23(3)27-15-16-28-26-14-13-24-21-25(37-32(36)38-31-12-7-6-11-30(31)35)17-19-33(24,4)29(26)18-20-34(27,28)5/h6-7,11-13,22-23,25-29H,8-10,14-21H2,1-5H3/t23-,25-,26+,27+,28-,29+,33-,34+/m0/s1. The molecular weight excluding hydrogens is 536 g/mol. The smallest absolute Gasteiger partial charge is 0.430 e. The summed E-state index contributed by atoms with van der Waals surface area (Å²) >= 11 is 3.44. The molecule has 1 aromatic rings. The van der Waals surface area contributed by atoms with E-state index in [2.05, 4.69) is 56.6 Å². The second kappa shape index (κ2) is 11.3. The number of benzene rings is 1. The molecule has 0 radical (unpaired) electrons. The van der Waals surface area contributed by atoms with Crippen LogP contribution >= 0.6 is 15.9 Å². The summed E-state index contributed by atoms with van der Waals surface area (Å²) in [5, 5.41) is 0. The summed E-state index contributed by atoms with van der Waals surface area (Å²) in [6.45, 7) is 12.5. The van der Waals surface area contributed by atoms with E-state index in [4.69, 9.17) is 9.47 Å². The van der Waals surface area contributed by atoms with E-state index in [9.17, 15) is 4.79 Å². The van der Waals surface area contributed by atoms with Crippen LogP contribution in [0.15, 0.2) is 40.4 Å². The Labute approximate surface area is 239 Å². The molecule has 0 saturated heterocycles. The van der Waals surface area contributed by atoms with E-state index >= 15 is 0 Å². The maximum Gasteiger partial charge on any atom is 0.514 e. The summed E-state index contributed by atoms with van der Waals surface area (Å²) in [5.41, 5.74) is 2.33. The zero-order valence-electron chi connectivity index (χ0n) is 24.3. The number of hydrogen-bond donors (Lipinski definition) is 0. The summed E-state index contributed by atoms with van der Waals surface area (Å²) in [4.78, 5) is 12.6. The van der Waals surface area contributed by atoms with Gasteiger partial charge in [0.1, 0.15) is 11.9 Å². The number of carbonyl (C=O) groups excluding carboxylic acids is 1. The van der Waals surface area contributed by atoms with Crippen LogP contribution in [0.4, 0.5) is 4.79 Å². The molecule has 4 aliphatic carbocycles. The Hall–Kier alpha value is -1.29. The van der Waals surface area contributed by atoms with Gasteiger partial charge in [0.05, 0.1) is 4.47 Å². The molecule has 5 rings (SSSR count). The number of rotatable bonds is 7. The molecule has 1 aromatic carbocycles. The molecule has 210 valence electrons. The Morgan fingerprint density at radius 1 is 1.03 bits per heavy atom. The minimum atomic E-state index is -0.590. The Balaban J connectivity index is 1.22. The van der Waals surface area contributed by atoms with Gasteiger partial charge < -0.3 is 9.47 Å². The van der Waals surface area contributed by atoms with Gasteiger partial charge in [-0.05, 0) is 119 Å². The molecule has 4 aliphatic rings. The molecule has 3 nitrogen and oxygen atoms in total. The fourth-order valence-electron chi connectivity index (χ4n) is 9.53. The molecular formula is C34H49BrO3. The topological polar surface area (TPSA) is 35.5 Å². The lowest BCUT2D eigenvalue weighted by molar-refractivity contribution is -0.0597. The van der Waals surface area contributed by atoms with Crippen molar-refractivity contribution in [3.63, 3.8) is 0 Å². The van der Waals surface area contributed by atoms with Crippen LogP contribution in [0.2, 0.25) is 0 Å². The number of fused-ring (bicyclic) bond motifs is 5. The number of para-hydroxylation sites is 1. The van der Waals surface area contributed by atoms with Crippen LogP contribution in [0.1, 0.15) is 105 Å². The lowest BCUT2D eigenvalue weighted by Gasteiger charge is -2.58. The summed E-state index contributed by atoms with van der Waals surface area (Å²) in [6.07, 6.45) is 15.9. The zero-order chi connectivity index (χ0) is 27.1. The van der Waals surface area contributed by atoms with Crippen molar-refractivity contribution in [2.24, 2.45) is 46.3 Å². The first kappa shape index (κ1) is 28.2. The first-order valence-electron chi connectivity index (χ1n) is 15.4. The highest BCUT2D eigenvalue weighted by Crippen LogP contribution is 2.67. The molecule has 0 aromatic heterocycles. The van der Waals surface area contributed by atoms with Gasteiger partial charge in [0.2, 0.25) is 0 Å². The highest BCUT2D eigenvalue weighted by atomic mass is 79.9. The minimum Gasteiger partial charge on any atom is -0.430 e. The van der Waals surface area contributed by atoms with Gasteiger partial charge in [-0.15, -0.1) is 0 Å². The quantitative estimate of drug-likeness (QED) is 0.181. The second-order valence-electron chi connectivity index (χ2n) is 14.1. The average Bonchev–Trinajstić information content (AvgIpc) is 3.23. The predicted molar refractivity (Wildman–Crippen MR) is 158 cm³/mol. The maximum absolute atomic E-state index is 12.6. The molecule has 3 saturated carbocycles. The van der Waals surface area contributed by atoms with E-state index in [1.54, 1.807) is 11.6 Å². The lowest BCUT2D eigenvalue weighted by Crippen LogP contribution is -2.51. The van der Waals surface area contributed by atoms with Crippen LogP contribution in [0.5, 0.6) is 5.75 Å². The molecule has 0 amide bonds. The average molecular weight is 586 g/mol. The molecule has 38 heavy (non-hydrogen) atoms. The van der Waals surface area contributed by atoms with Crippen LogP contribution in [0, 0.1) is 46.3 Å². The van der Waals surface area contributed by atoms with Crippen molar-refractivity contribution in [2.45, 2.75) is 111 Å². The Morgan fingerprint density at radius 3 is 2.58 bits per heavy atom. The van der Waals surface area contributed by atoms with Gasteiger partial charge in [-0.3, -0.25) is 0 Å².